The van der Waals surface area contributed by atoms with E-state index >= 15 is 0 Å². The van der Waals surface area contributed by atoms with Gasteiger partial charge in [0.2, 0.25) is 11.8 Å². The summed E-state index contributed by atoms with van der Waals surface area (Å²) in [5, 5.41) is 3.15. The van der Waals surface area contributed by atoms with Crippen molar-refractivity contribution >= 4 is 11.9 Å². The number of amides is 1. The zero-order chi connectivity index (χ0) is 18.8. The van der Waals surface area contributed by atoms with Crippen molar-refractivity contribution in [2.45, 2.75) is 50.4 Å². The van der Waals surface area contributed by atoms with Gasteiger partial charge < -0.3 is 15.8 Å². The van der Waals surface area contributed by atoms with Crippen LogP contribution in [-0.2, 0) is 6.54 Å². The van der Waals surface area contributed by atoms with Crippen LogP contribution in [0.2, 0.25) is 0 Å². The Hall–Kier alpha value is -2.67. The van der Waals surface area contributed by atoms with Gasteiger partial charge in [-0.1, -0.05) is 30.3 Å². The van der Waals surface area contributed by atoms with Crippen molar-refractivity contribution in [3.63, 3.8) is 0 Å². The van der Waals surface area contributed by atoms with Gasteiger partial charge in [-0.15, -0.1) is 0 Å². The summed E-state index contributed by atoms with van der Waals surface area (Å²) in [4.78, 5) is 23.2. The first-order chi connectivity index (χ1) is 13.1. The molecule has 0 saturated carbocycles. The molecule has 0 radical (unpaired) electrons. The first kappa shape index (κ1) is 17.7. The van der Waals surface area contributed by atoms with Crippen LogP contribution in [0.25, 0.3) is 0 Å². The van der Waals surface area contributed by atoms with Crippen LogP contribution in [0.3, 0.4) is 0 Å². The van der Waals surface area contributed by atoms with E-state index < -0.39 is 0 Å². The zero-order valence-corrected chi connectivity index (χ0v) is 15.5. The van der Waals surface area contributed by atoms with E-state index in [2.05, 4.69) is 50.5 Å². The van der Waals surface area contributed by atoms with Crippen molar-refractivity contribution in [2.24, 2.45) is 0 Å². The van der Waals surface area contributed by atoms with E-state index in [1.165, 1.54) is 31.7 Å². The predicted octanol–water partition coefficient (Wildman–Crippen LogP) is 1.99. The second-order valence-electron chi connectivity index (χ2n) is 7.34. The summed E-state index contributed by atoms with van der Waals surface area (Å²) < 4.78 is 5.17. The number of hydrogen-bond acceptors (Lipinski definition) is 6. The quantitative estimate of drug-likeness (QED) is 0.839. The van der Waals surface area contributed by atoms with Gasteiger partial charge in [-0.2, -0.15) is 4.98 Å². The standard InChI is InChI=1S/C20H25N5O2/c1-27-19-17(11-22-20(21)24-19)18(26)23-14-9-15-7-8-16(10-14)25(15)12-13-5-3-2-4-6-13/h2-6,11,14-16H,7-10,12H2,1H3,(H,23,26)(H2,21,22,24). The number of nitrogens with one attached hydrogen (secondary N) is 1. The van der Waals surface area contributed by atoms with E-state index in [4.69, 9.17) is 10.5 Å². The minimum absolute atomic E-state index is 0.0932. The van der Waals surface area contributed by atoms with Gasteiger partial charge in [0.15, 0.2) is 0 Å². The number of hydrogen-bond donors (Lipinski definition) is 2. The number of carbonyl (C=O) groups excluding carboxylic acids is 1. The lowest BCUT2D eigenvalue weighted by molar-refractivity contribution is 0.0824. The van der Waals surface area contributed by atoms with Crippen LogP contribution >= 0.6 is 0 Å². The molecular formula is C20H25N5O2. The molecule has 4 rings (SSSR count). The number of ether oxygens (including phenoxy) is 1. The number of rotatable bonds is 5. The Balaban J connectivity index is 1.41. The number of carbonyl (C=O) groups is 1. The first-order valence-electron chi connectivity index (χ1n) is 9.41. The van der Waals surface area contributed by atoms with E-state index in [1.807, 2.05) is 0 Å². The van der Waals surface area contributed by atoms with Crippen LogP contribution in [0.15, 0.2) is 36.5 Å². The maximum atomic E-state index is 12.7. The van der Waals surface area contributed by atoms with Crippen molar-refractivity contribution in [3.05, 3.63) is 47.7 Å². The molecule has 1 aromatic heterocycles. The highest BCUT2D eigenvalue weighted by Gasteiger charge is 2.41. The molecule has 1 amide bonds. The van der Waals surface area contributed by atoms with Crippen LogP contribution < -0.4 is 15.8 Å². The lowest BCUT2D eigenvalue weighted by atomic mass is 9.96. The third-order valence-electron chi connectivity index (χ3n) is 5.64. The molecule has 3 heterocycles. The smallest absolute Gasteiger partial charge is 0.258 e. The number of nitrogen functional groups attached to an aromatic ring is 1. The number of nitrogens with zero attached hydrogens (tertiary/aromatic N) is 3. The highest BCUT2D eigenvalue weighted by molar-refractivity contribution is 5.96. The van der Waals surface area contributed by atoms with Crippen molar-refractivity contribution in [1.29, 1.82) is 0 Å². The SMILES string of the molecule is COc1nc(N)ncc1C(=O)NC1CC2CCC(C1)N2Cc1ccccc1. The molecular weight excluding hydrogens is 342 g/mol. The monoisotopic (exact) mass is 367 g/mol. The molecule has 2 aliphatic heterocycles. The lowest BCUT2D eigenvalue weighted by Crippen LogP contribution is -2.50. The fourth-order valence-electron chi connectivity index (χ4n) is 4.40. The summed E-state index contributed by atoms with van der Waals surface area (Å²) in [6.07, 6.45) is 5.74. The van der Waals surface area contributed by atoms with Crippen LogP contribution in [0, 0.1) is 0 Å². The maximum Gasteiger partial charge on any atom is 0.258 e. The molecule has 2 aliphatic rings. The molecule has 2 atom stereocenters. The molecule has 2 bridgehead atoms. The van der Waals surface area contributed by atoms with E-state index in [1.54, 1.807) is 0 Å². The summed E-state index contributed by atoms with van der Waals surface area (Å²) in [5.74, 6) is 0.105. The molecule has 1 aromatic carbocycles. The molecule has 27 heavy (non-hydrogen) atoms. The number of aromatic nitrogens is 2. The van der Waals surface area contributed by atoms with Gasteiger partial charge in [-0.25, -0.2) is 4.98 Å². The molecule has 0 spiro atoms. The zero-order valence-electron chi connectivity index (χ0n) is 15.5. The van der Waals surface area contributed by atoms with E-state index in [0.717, 1.165) is 19.4 Å². The largest absolute Gasteiger partial charge is 0.480 e. The Labute approximate surface area is 158 Å². The van der Waals surface area contributed by atoms with Gasteiger partial charge in [0.1, 0.15) is 5.56 Å². The normalized spacial score (nSPS) is 24.6. The molecule has 3 N–H and O–H groups in total. The highest BCUT2D eigenvalue weighted by Crippen LogP contribution is 2.37. The van der Waals surface area contributed by atoms with Crippen molar-refractivity contribution in [3.8, 4) is 5.88 Å². The Morgan fingerprint density at radius 2 is 1.96 bits per heavy atom. The van der Waals surface area contributed by atoms with Gasteiger partial charge in [0.25, 0.3) is 5.91 Å². The summed E-state index contributed by atoms with van der Waals surface area (Å²) in [5.41, 5.74) is 7.24. The second kappa shape index (κ2) is 7.52. The Morgan fingerprint density at radius 3 is 2.63 bits per heavy atom. The number of nitrogens with two attached hydrogens (primary N) is 1. The fourth-order valence-corrected chi connectivity index (χ4v) is 4.40. The van der Waals surface area contributed by atoms with Crippen LogP contribution in [-0.4, -0.2) is 46.0 Å². The van der Waals surface area contributed by atoms with Gasteiger partial charge in [-0.3, -0.25) is 9.69 Å². The maximum absolute atomic E-state index is 12.7. The van der Waals surface area contributed by atoms with Crippen molar-refractivity contribution < 1.29 is 9.53 Å². The summed E-state index contributed by atoms with van der Waals surface area (Å²) in [6.45, 7) is 0.983. The number of benzene rings is 1. The number of piperidine rings is 1. The van der Waals surface area contributed by atoms with Crippen molar-refractivity contribution in [2.75, 3.05) is 12.8 Å². The highest BCUT2D eigenvalue weighted by atomic mass is 16.5. The van der Waals surface area contributed by atoms with E-state index in [9.17, 15) is 4.79 Å². The first-order valence-corrected chi connectivity index (χ1v) is 9.41. The van der Waals surface area contributed by atoms with Gasteiger partial charge >= 0.3 is 0 Å². The third kappa shape index (κ3) is 3.73. The number of anilines is 1. The molecule has 142 valence electrons. The minimum Gasteiger partial charge on any atom is -0.480 e. The summed E-state index contributed by atoms with van der Waals surface area (Å²) in [6, 6.07) is 11.8. The van der Waals surface area contributed by atoms with Crippen LogP contribution in [0.1, 0.15) is 41.6 Å². The second-order valence-corrected chi connectivity index (χ2v) is 7.34. The molecule has 7 nitrogen and oxygen atoms in total. The number of fused-ring (bicyclic) bond motifs is 2. The summed E-state index contributed by atoms with van der Waals surface area (Å²) in [7, 11) is 1.47. The Morgan fingerprint density at radius 1 is 1.26 bits per heavy atom. The Bertz CT molecular complexity index is 799. The molecule has 2 unspecified atom stereocenters. The molecule has 2 saturated heterocycles. The molecule has 7 heteroatoms. The lowest BCUT2D eigenvalue weighted by Gasteiger charge is -2.39. The van der Waals surface area contributed by atoms with Gasteiger partial charge in [0.05, 0.1) is 7.11 Å². The fraction of sp³-hybridized carbons (Fsp3) is 0.450. The summed E-state index contributed by atoms with van der Waals surface area (Å²) >= 11 is 0. The van der Waals surface area contributed by atoms with Crippen LogP contribution in [0.5, 0.6) is 5.88 Å². The molecule has 2 fully saturated rings. The average molecular weight is 367 g/mol. The Kier molecular flexibility index (Phi) is 4.94. The predicted molar refractivity (Wildman–Crippen MR) is 102 cm³/mol. The van der Waals surface area contributed by atoms with E-state index in [-0.39, 0.29) is 23.8 Å². The topological polar surface area (TPSA) is 93.4 Å². The third-order valence-corrected chi connectivity index (χ3v) is 5.64. The van der Waals surface area contributed by atoms with Gasteiger partial charge in [-0.05, 0) is 31.2 Å². The van der Waals surface area contributed by atoms with E-state index in [0.29, 0.717) is 17.6 Å². The van der Waals surface area contributed by atoms with Crippen LogP contribution in [0.4, 0.5) is 5.95 Å². The van der Waals surface area contributed by atoms with Gasteiger partial charge in [0, 0.05) is 30.9 Å². The minimum atomic E-state index is -0.201. The molecule has 2 aromatic rings. The van der Waals surface area contributed by atoms with Crippen molar-refractivity contribution in [1.82, 2.24) is 20.2 Å². The number of methoxy groups -OCH3 is 1. The average Bonchev–Trinajstić information content (AvgIpc) is 2.90. The molecule has 0 aliphatic carbocycles.